The lowest BCUT2D eigenvalue weighted by Crippen LogP contribution is -2.18. The Labute approximate surface area is 114 Å². The van der Waals surface area contributed by atoms with Crippen molar-refractivity contribution in [2.24, 2.45) is 7.05 Å². The van der Waals surface area contributed by atoms with E-state index < -0.39 is 0 Å². The van der Waals surface area contributed by atoms with Crippen molar-refractivity contribution in [2.75, 3.05) is 0 Å². The molecule has 0 aliphatic carbocycles. The summed E-state index contributed by atoms with van der Waals surface area (Å²) in [6.45, 7) is 0. The van der Waals surface area contributed by atoms with Crippen LogP contribution >= 0.6 is 0 Å². The van der Waals surface area contributed by atoms with E-state index in [0.29, 0.717) is 10.9 Å². The molecule has 1 N–H and O–H groups in total. The summed E-state index contributed by atoms with van der Waals surface area (Å²) in [5, 5.41) is 12.4. The van der Waals surface area contributed by atoms with E-state index >= 15 is 0 Å². The fraction of sp³-hybridized carbons (Fsp3) is 0.0625. The van der Waals surface area contributed by atoms with E-state index in [-0.39, 0.29) is 5.56 Å². The molecule has 4 heteroatoms. The van der Waals surface area contributed by atoms with Crippen LogP contribution in [0.2, 0.25) is 0 Å². The second-order valence-corrected chi connectivity index (χ2v) is 4.93. The minimum atomic E-state index is -0.379. The van der Waals surface area contributed by atoms with Crippen LogP contribution in [0, 0.1) is 0 Å². The Morgan fingerprint density at radius 3 is 2.25 bits per heavy atom. The van der Waals surface area contributed by atoms with Gasteiger partial charge in [-0.25, -0.2) is 0 Å². The highest BCUT2D eigenvalue weighted by molar-refractivity contribution is 6.16. The van der Waals surface area contributed by atoms with Crippen LogP contribution in [0.1, 0.15) is 0 Å². The molecule has 2 heterocycles. The Kier molecular flexibility index (Phi) is 2.02. The third-order valence-corrected chi connectivity index (χ3v) is 3.90. The maximum absolute atomic E-state index is 12.5. The van der Waals surface area contributed by atoms with Gasteiger partial charge in [0.05, 0.1) is 16.4 Å². The molecule has 0 bridgehead atoms. The van der Waals surface area contributed by atoms with Crippen LogP contribution < -0.4 is 5.56 Å². The van der Waals surface area contributed by atoms with E-state index in [1.807, 2.05) is 54.1 Å². The third kappa shape index (κ3) is 1.18. The smallest absolute Gasteiger partial charge is 0.293 e. The zero-order chi connectivity index (χ0) is 13.9. The summed E-state index contributed by atoms with van der Waals surface area (Å²) in [6.07, 6.45) is 0. The summed E-state index contributed by atoms with van der Waals surface area (Å²) in [7, 11) is 1.94. The van der Waals surface area contributed by atoms with Crippen molar-refractivity contribution in [1.29, 1.82) is 0 Å². The Balaban J connectivity index is 2.50. The average molecular weight is 264 g/mol. The number of hydrogen-bond acceptors (Lipinski definition) is 2. The van der Waals surface area contributed by atoms with Crippen LogP contribution in [-0.2, 0) is 7.05 Å². The zero-order valence-electron chi connectivity index (χ0n) is 10.9. The van der Waals surface area contributed by atoms with E-state index in [1.54, 1.807) is 6.07 Å². The Morgan fingerprint density at radius 1 is 0.900 bits per heavy atom. The number of fused-ring (bicyclic) bond motifs is 5. The molecule has 0 saturated heterocycles. The normalized spacial score (nSPS) is 11.7. The Hall–Kier alpha value is -2.75. The molecule has 0 radical (unpaired) electrons. The average Bonchev–Trinajstić information content (AvgIpc) is 2.79. The molecule has 20 heavy (non-hydrogen) atoms. The molecule has 0 saturated carbocycles. The van der Waals surface area contributed by atoms with Crippen molar-refractivity contribution < 1.29 is 5.21 Å². The fourth-order valence-electron chi connectivity index (χ4n) is 3.00. The highest BCUT2D eigenvalue weighted by Gasteiger charge is 2.17. The molecule has 4 rings (SSSR count). The second-order valence-electron chi connectivity index (χ2n) is 4.93. The summed E-state index contributed by atoms with van der Waals surface area (Å²) in [5.41, 5.74) is 1.99. The standard InChI is InChI=1S/C16H12N2O2/c1-17-12-8-4-2-6-10(12)14-15(17)11-7-3-5-9-13(11)18(20)16(14)19/h2-9,20H,1H3. The fourth-order valence-corrected chi connectivity index (χ4v) is 3.00. The molecule has 0 amide bonds. The predicted molar refractivity (Wildman–Crippen MR) is 79.4 cm³/mol. The minimum Gasteiger partial charge on any atom is -0.425 e. The lowest BCUT2D eigenvalue weighted by molar-refractivity contribution is 0.190. The number of benzene rings is 2. The van der Waals surface area contributed by atoms with Crippen molar-refractivity contribution in [3.63, 3.8) is 0 Å². The molecular formula is C16H12N2O2. The lowest BCUT2D eigenvalue weighted by atomic mass is 10.1. The van der Waals surface area contributed by atoms with Gasteiger partial charge in [0, 0.05) is 23.3 Å². The molecule has 98 valence electrons. The van der Waals surface area contributed by atoms with E-state index in [0.717, 1.165) is 26.5 Å². The summed E-state index contributed by atoms with van der Waals surface area (Å²) in [4.78, 5) is 12.5. The van der Waals surface area contributed by atoms with Gasteiger partial charge >= 0.3 is 0 Å². The summed E-state index contributed by atoms with van der Waals surface area (Å²) >= 11 is 0. The van der Waals surface area contributed by atoms with Gasteiger partial charge in [0.25, 0.3) is 5.56 Å². The van der Waals surface area contributed by atoms with Crippen molar-refractivity contribution in [1.82, 2.24) is 9.30 Å². The molecule has 0 atom stereocenters. The van der Waals surface area contributed by atoms with Gasteiger partial charge in [-0.2, -0.15) is 0 Å². The monoisotopic (exact) mass is 264 g/mol. The number of pyridine rings is 1. The summed E-state index contributed by atoms with van der Waals surface area (Å²) in [5.74, 6) is 0. The topological polar surface area (TPSA) is 47.2 Å². The van der Waals surface area contributed by atoms with E-state index in [9.17, 15) is 10.0 Å². The maximum Gasteiger partial charge on any atom is 0.293 e. The van der Waals surface area contributed by atoms with Crippen LogP contribution in [0.4, 0.5) is 0 Å². The molecule has 0 fully saturated rings. The molecular weight excluding hydrogens is 252 g/mol. The van der Waals surface area contributed by atoms with Gasteiger partial charge in [0.2, 0.25) is 0 Å². The number of hydrogen-bond donors (Lipinski definition) is 1. The molecule has 4 aromatic rings. The summed E-state index contributed by atoms with van der Waals surface area (Å²) in [6, 6.07) is 15.1. The van der Waals surface area contributed by atoms with Crippen LogP contribution in [0.15, 0.2) is 53.3 Å². The van der Waals surface area contributed by atoms with Crippen LogP contribution in [0.25, 0.3) is 32.7 Å². The largest absolute Gasteiger partial charge is 0.425 e. The SMILES string of the molecule is Cn1c2ccccc2c2c(=O)n(O)c3ccccc3c21. The van der Waals surface area contributed by atoms with Crippen molar-refractivity contribution in [3.8, 4) is 0 Å². The first-order chi connectivity index (χ1) is 9.70. The molecule has 4 nitrogen and oxygen atoms in total. The van der Waals surface area contributed by atoms with Gasteiger partial charge in [0.15, 0.2) is 0 Å². The maximum atomic E-state index is 12.5. The zero-order valence-corrected chi connectivity index (χ0v) is 10.9. The van der Waals surface area contributed by atoms with Crippen LogP contribution in [-0.4, -0.2) is 14.5 Å². The Morgan fingerprint density at radius 2 is 1.50 bits per heavy atom. The second kappa shape index (κ2) is 3.63. The first-order valence-electron chi connectivity index (χ1n) is 6.40. The predicted octanol–water partition coefficient (Wildman–Crippen LogP) is 2.88. The van der Waals surface area contributed by atoms with Gasteiger partial charge in [-0.3, -0.25) is 4.79 Å². The van der Waals surface area contributed by atoms with Gasteiger partial charge < -0.3 is 9.77 Å². The van der Waals surface area contributed by atoms with Gasteiger partial charge in [-0.05, 0) is 12.1 Å². The van der Waals surface area contributed by atoms with Gasteiger partial charge in [-0.1, -0.05) is 36.4 Å². The first kappa shape index (κ1) is 11.1. The number of nitrogens with zero attached hydrogens (tertiary/aromatic N) is 2. The quantitative estimate of drug-likeness (QED) is 0.496. The van der Waals surface area contributed by atoms with E-state index in [2.05, 4.69) is 0 Å². The first-order valence-corrected chi connectivity index (χ1v) is 6.40. The molecule has 0 unspecified atom stereocenters. The van der Waals surface area contributed by atoms with Crippen molar-refractivity contribution in [2.45, 2.75) is 0 Å². The third-order valence-electron chi connectivity index (χ3n) is 3.90. The molecule has 0 spiro atoms. The van der Waals surface area contributed by atoms with Crippen molar-refractivity contribution in [3.05, 3.63) is 58.9 Å². The number of para-hydroxylation sites is 2. The Bertz CT molecular complexity index is 1040. The van der Waals surface area contributed by atoms with E-state index in [1.165, 1.54) is 0 Å². The van der Waals surface area contributed by atoms with Gasteiger partial charge in [0.1, 0.15) is 0 Å². The van der Waals surface area contributed by atoms with Crippen LogP contribution in [0.5, 0.6) is 0 Å². The number of rotatable bonds is 0. The highest BCUT2D eigenvalue weighted by Crippen LogP contribution is 2.30. The van der Waals surface area contributed by atoms with Crippen molar-refractivity contribution >= 4 is 32.7 Å². The molecule has 2 aromatic heterocycles. The van der Waals surface area contributed by atoms with Crippen LogP contribution in [0.3, 0.4) is 0 Å². The highest BCUT2D eigenvalue weighted by atomic mass is 16.5. The van der Waals surface area contributed by atoms with Gasteiger partial charge in [-0.15, -0.1) is 4.73 Å². The lowest BCUT2D eigenvalue weighted by Gasteiger charge is -2.06. The summed E-state index contributed by atoms with van der Waals surface area (Å²) < 4.78 is 2.75. The molecule has 0 aliphatic rings. The minimum absolute atomic E-state index is 0.379. The van der Waals surface area contributed by atoms with E-state index in [4.69, 9.17) is 0 Å². The number of aromatic nitrogens is 2. The molecule has 0 aliphatic heterocycles. The molecule has 2 aromatic carbocycles. The number of aryl methyl sites for hydroxylation is 1.